The van der Waals surface area contributed by atoms with Gasteiger partial charge >= 0.3 is 5.97 Å². The summed E-state index contributed by atoms with van der Waals surface area (Å²) in [7, 11) is 3.32. The van der Waals surface area contributed by atoms with Crippen molar-refractivity contribution in [3.63, 3.8) is 0 Å². The Morgan fingerprint density at radius 3 is 2.36 bits per heavy atom. The van der Waals surface area contributed by atoms with E-state index in [1.807, 2.05) is 42.3 Å². The molecule has 184 valence electrons. The first kappa shape index (κ1) is 24.8. The van der Waals surface area contributed by atoms with Crippen LogP contribution in [0.25, 0.3) is 0 Å². The number of imide groups is 1. The van der Waals surface area contributed by atoms with Crippen LogP contribution < -0.4 is 9.64 Å². The number of Topliss-reactive ketones (excluding diaryl/α,β-unsaturated/α-hetero) is 1. The van der Waals surface area contributed by atoms with E-state index in [1.165, 1.54) is 31.4 Å². The first-order valence-electron chi connectivity index (χ1n) is 11.4. The van der Waals surface area contributed by atoms with Crippen molar-refractivity contribution in [2.45, 2.75) is 19.0 Å². The Hall–Kier alpha value is -4.30. The number of ketones is 1. The van der Waals surface area contributed by atoms with Gasteiger partial charge in [-0.2, -0.15) is 0 Å². The summed E-state index contributed by atoms with van der Waals surface area (Å²) < 4.78 is 10.2. The summed E-state index contributed by atoms with van der Waals surface area (Å²) in [5, 5.41) is 0. The largest absolute Gasteiger partial charge is 0.497 e. The Morgan fingerprint density at radius 1 is 0.944 bits per heavy atom. The topological polar surface area (TPSA) is 93.2 Å². The third-order valence-corrected chi connectivity index (χ3v) is 6.02. The molecule has 1 aliphatic rings. The van der Waals surface area contributed by atoms with E-state index in [1.54, 1.807) is 24.3 Å². The zero-order chi connectivity index (χ0) is 25.7. The fourth-order valence-electron chi connectivity index (χ4n) is 4.05. The highest BCUT2D eigenvalue weighted by molar-refractivity contribution is 6.22. The third kappa shape index (κ3) is 5.50. The highest BCUT2D eigenvalue weighted by Gasteiger charge is 2.41. The molecule has 0 aliphatic carbocycles. The first-order chi connectivity index (χ1) is 17.4. The number of anilines is 1. The Labute approximate surface area is 209 Å². The van der Waals surface area contributed by atoms with Crippen LogP contribution in [0, 0.1) is 0 Å². The molecule has 0 spiro atoms. The smallest absolute Gasteiger partial charge is 0.338 e. The summed E-state index contributed by atoms with van der Waals surface area (Å²) in [5.41, 5.74) is 2.00. The van der Waals surface area contributed by atoms with Crippen molar-refractivity contribution in [3.8, 4) is 5.75 Å². The van der Waals surface area contributed by atoms with Crippen LogP contribution in [-0.2, 0) is 20.9 Å². The number of carbonyl (C=O) groups excluding carboxylic acids is 4. The number of amides is 2. The summed E-state index contributed by atoms with van der Waals surface area (Å²) in [6.45, 7) is 0.115. The van der Waals surface area contributed by atoms with Crippen LogP contribution >= 0.6 is 0 Å². The molecule has 1 saturated heterocycles. The lowest BCUT2D eigenvalue weighted by molar-refractivity contribution is -0.122. The molecule has 0 radical (unpaired) electrons. The second kappa shape index (κ2) is 11.0. The molecule has 1 unspecified atom stereocenters. The summed E-state index contributed by atoms with van der Waals surface area (Å²) >= 11 is 0. The van der Waals surface area contributed by atoms with E-state index in [4.69, 9.17) is 9.47 Å². The number of esters is 1. The normalized spacial score (nSPS) is 15.3. The molecular weight excluding hydrogens is 460 g/mol. The quantitative estimate of drug-likeness (QED) is 0.260. The molecule has 8 nitrogen and oxygen atoms in total. The molecule has 0 aromatic heterocycles. The molecule has 0 N–H and O–H groups in total. The van der Waals surface area contributed by atoms with Crippen LogP contribution in [0.5, 0.6) is 5.75 Å². The van der Waals surface area contributed by atoms with Crippen molar-refractivity contribution in [2.24, 2.45) is 0 Å². The number of ether oxygens (including phenoxy) is 2. The molecule has 36 heavy (non-hydrogen) atoms. The molecule has 1 fully saturated rings. The molecule has 8 heteroatoms. The zero-order valence-corrected chi connectivity index (χ0v) is 20.0. The highest BCUT2D eigenvalue weighted by atomic mass is 16.5. The summed E-state index contributed by atoms with van der Waals surface area (Å²) in [4.78, 5) is 53.5. The Kier molecular flexibility index (Phi) is 7.56. The molecule has 1 aliphatic heterocycles. The molecule has 0 saturated carbocycles. The van der Waals surface area contributed by atoms with Crippen molar-refractivity contribution < 1.29 is 28.7 Å². The van der Waals surface area contributed by atoms with Crippen molar-refractivity contribution in [2.75, 3.05) is 25.7 Å². The van der Waals surface area contributed by atoms with Crippen molar-refractivity contribution >= 4 is 29.3 Å². The summed E-state index contributed by atoms with van der Waals surface area (Å²) in [5.74, 6) is -1.13. The second-order valence-corrected chi connectivity index (χ2v) is 8.47. The Bertz CT molecular complexity index is 1270. The van der Waals surface area contributed by atoms with E-state index in [0.717, 1.165) is 10.5 Å². The maximum atomic E-state index is 13.1. The van der Waals surface area contributed by atoms with Gasteiger partial charge < -0.3 is 9.47 Å². The molecule has 1 atom stereocenters. The minimum Gasteiger partial charge on any atom is -0.497 e. The lowest BCUT2D eigenvalue weighted by atomic mass is 10.1. The minimum absolute atomic E-state index is 0.0817. The Morgan fingerprint density at radius 2 is 1.67 bits per heavy atom. The van der Waals surface area contributed by atoms with Gasteiger partial charge in [0.05, 0.1) is 30.8 Å². The van der Waals surface area contributed by atoms with Gasteiger partial charge in [0.2, 0.25) is 5.91 Å². The Balaban J connectivity index is 1.37. The number of methoxy groups -OCH3 is 1. The van der Waals surface area contributed by atoms with Gasteiger partial charge in [0.1, 0.15) is 5.75 Å². The molecular formula is C28H26N2O6. The average molecular weight is 487 g/mol. The number of nitrogens with zero attached hydrogens (tertiary/aromatic N) is 2. The predicted octanol–water partition coefficient (Wildman–Crippen LogP) is 3.50. The maximum Gasteiger partial charge on any atom is 0.338 e. The molecule has 2 amide bonds. The monoisotopic (exact) mass is 486 g/mol. The lowest BCUT2D eigenvalue weighted by Gasteiger charge is -2.23. The van der Waals surface area contributed by atoms with Crippen LogP contribution in [0.1, 0.15) is 32.7 Å². The molecule has 0 bridgehead atoms. The van der Waals surface area contributed by atoms with E-state index in [0.29, 0.717) is 23.5 Å². The van der Waals surface area contributed by atoms with Gasteiger partial charge in [0.15, 0.2) is 12.4 Å². The third-order valence-electron chi connectivity index (χ3n) is 6.02. The second-order valence-electron chi connectivity index (χ2n) is 8.47. The van der Waals surface area contributed by atoms with Gasteiger partial charge in [-0.25, -0.2) is 9.69 Å². The van der Waals surface area contributed by atoms with Crippen molar-refractivity contribution in [1.29, 1.82) is 0 Å². The number of rotatable bonds is 9. The summed E-state index contributed by atoms with van der Waals surface area (Å²) in [6.07, 6.45) is 0.0817. The highest BCUT2D eigenvalue weighted by Crippen LogP contribution is 2.26. The SMILES string of the molecule is COc1cccc(C(=O)COC(=O)c2ccc(N3C(=O)CC(N(C)Cc4ccccc4)C3=O)cc2)c1. The number of hydrogen-bond acceptors (Lipinski definition) is 7. The van der Waals surface area contributed by atoms with Crippen LogP contribution in [0.4, 0.5) is 5.69 Å². The zero-order valence-electron chi connectivity index (χ0n) is 20.0. The molecule has 1 heterocycles. The maximum absolute atomic E-state index is 13.1. The van der Waals surface area contributed by atoms with Gasteiger partial charge in [-0.15, -0.1) is 0 Å². The number of likely N-dealkylation sites (N-methyl/N-ethyl adjacent to an activating group) is 1. The molecule has 4 rings (SSSR count). The minimum atomic E-state index is -0.683. The van der Waals surface area contributed by atoms with Crippen LogP contribution in [0.3, 0.4) is 0 Å². The van der Waals surface area contributed by atoms with Gasteiger partial charge in [0.25, 0.3) is 5.91 Å². The lowest BCUT2D eigenvalue weighted by Crippen LogP contribution is -2.39. The van der Waals surface area contributed by atoms with Gasteiger partial charge in [-0.1, -0.05) is 42.5 Å². The number of hydrogen-bond donors (Lipinski definition) is 0. The molecule has 3 aromatic rings. The first-order valence-corrected chi connectivity index (χ1v) is 11.4. The predicted molar refractivity (Wildman–Crippen MR) is 133 cm³/mol. The van der Waals surface area contributed by atoms with E-state index >= 15 is 0 Å². The van der Waals surface area contributed by atoms with Gasteiger partial charge in [-0.05, 0) is 49.0 Å². The van der Waals surface area contributed by atoms with Crippen LogP contribution in [0.15, 0.2) is 78.9 Å². The van der Waals surface area contributed by atoms with Crippen molar-refractivity contribution in [1.82, 2.24) is 4.90 Å². The van der Waals surface area contributed by atoms with E-state index in [-0.39, 0.29) is 29.6 Å². The van der Waals surface area contributed by atoms with E-state index in [9.17, 15) is 19.2 Å². The van der Waals surface area contributed by atoms with Gasteiger partial charge in [0, 0.05) is 12.1 Å². The van der Waals surface area contributed by atoms with Crippen LogP contribution in [0.2, 0.25) is 0 Å². The molecule has 3 aromatic carbocycles. The van der Waals surface area contributed by atoms with Crippen molar-refractivity contribution in [3.05, 3.63) is 95.6 Å². The summed E-state index contributed by atoms with van der Waals surface area (Å²) in [6, 6.07) is 21.7. The number of carbonyl (C=O) groups is 4. The number of benzene rings is 3. The van der Waals surface area contributed by atoms with E-state index < -0.39 is 18.6 Å². The fourth-order valence-corrected chi connectivity index (χ4v) is 4.05. The fraction of sp³-hybridized carbons (Fsp3) is 0.214. The van der Waals surface area contributed by atoms with Crippen LogP contribution in [-0.4, -0.2) is 55.3 Å². The standard InChI is InChI=1S/C28H26N2O6/c1-29(17-19-7-4-3-5-8-19)24-16-26(32)30(27(24)33)22-13-11-20(12-14-22)28(34)36-18-25(31)21-9-6-10-23(15-21)35-2/h3-15,24H,16-18H2,1-2H3. The van der Waals surface area contributed by atoms with Gasteiger partial charge in [-0.3, -0.25) is 19.3 Å². The average Bonchev–Trinajstić information content (AvgIpc) is 3.21. The van der Waals surface area contributed by atoms with E-state index in [2.05, 4.69) is 0 Å².